The molecule has 3 saturated heterocycles. The van der Waals surface area contributed by atoms with E-state index >= 15 is 0 Å². The lowest BCUT2D eigenvalue weighted by molar-refractivity contribution is -0.336. The molecule has 1 aromatic rings. The summed E-state index contributed by atoms with van der Waals surface area (Å²) >= 11 is 0. The molecule has 2 unspecified atom stereocenters. The second-order valence-corrected chi connectivity index (χ2v) is 19.0. The highest BCUT2D eigenvalue weighted by Crippen LogP contribution is 2.43. The van der Waals surface area contributed by atoms with Gasteiger partial charge in [0.05, 0.1) is 42.0 Å². The molecule has 4 heterocycles. The molecule has 60 heavy (non-hydrogen) atoms. The molecule has 16 nitrogen and oxygen atoms in total. The van der Waals surface area contributed by atoms with Gasteiger partial charge in [-0.25, -0.2) is 0 Å². The van der Waals surface area contributed by atoms with Crippen molar-refractivity contribution in [1.82, 2.24) is 20.5 Å². The molecule has 4 rings (SSSR count). The van der Waals surface area contributed by atoms with Crippen LogP contribution in [0, 0.1) is 17.8 Å². The first-order valence-corrected chi connectivity index (χ1v) is 21.8. The molecule has 1 aromatic heterocycles. The average Bonchev–Trinajstić information content (AvgIpc) is 3.19. The SMILES string of the molecule is CC[C@@H](O)[C@@](C)(O)C1OC(=O)[C@H](C)[C@H](O[C@H]2C[C@@](C)(OC)[C@](O)(CNCc3ccncc3)[C@H](C)O2)[C@H](C)[C@H](O[C@@H]2O[C@H](C)C[C@H](N(C)C)C2O)[C@@](C)(O)C[C@H](C)CN[C@@H]1C. The maximum absolute atomic E-state index is 14.5. The molecule has 16 heteroatoms. The van der Waals surface area contributed by atoms with Crippen LogP contribution in [0.4, 0.5) is 0 Å². The van der Waals surface area contributed by atoms with Crippen molar-refractivity contribution in [2.24, 2.45) is 17.8 Å². The number of cyclic esters (lactones) is 1. The van der Waals surface area contributed by atoms with E-state index in [1.807, 2.05) is 51.9 Å². The van der Waals surface area contributed by atoms with E-state index in [0.29, 0.717) is 19.5 Å². The Balaban J connectivity index is 1.76. The number of aliphatic hydroxyl groups excluding tert-OH is 2. The van der Waals surface area contributed by atoms with Gasteiger partial charge in [-0.05, 0) is 112 Å². The van der Waals surface area contributed by atoms with Crippen molar-refractivity contribution in [1.29, 1.82) is 0 Å². The number of nitrogens with one attached hydrogen (secondary N) is 2. The molecule has 346 valence electrons. The normalized spacial score (nSPS) is 42.9. The summed E-state index contributed by atoms with van der Waals surface area (Å²) in [6, 6.07) is 2.88. The zero-order valence-electron chi connectivity index (χ0n) is 38.3. The minimum Gasteiger partial charge on any atom is -0.457 e. The van der Waals surface area contributed by atoms with Gasteiger partial charge >= 0.3 is 5.97 Å². The van der Waals surface area contributed by atoms with Crippen LogP contribution >= 0.6 is 0 Å². The van der Waals surface area contributed by atoms with E-state index in [2.05, 4.69) is 15.6 Å². The number of aromatic nitrogens is 1. The predicted molar refractivity (Wildman–Crippen MR) is 224 cm³/mol. The Kier molecular flexibility index (Phi) is 17.5. The van der Waals surface area contributed by atoms with Crippen molar-refractivity contribution >= 4 is 5.97 Å². The van der Waals surface area contributed by atoms with E-state index < -0.39 is 95.5 Å². The lowest BCUT2D eigenvalue weighted by Crippen LogP contribution is -2.70. The molecule has 0 bridgehead atoms. The van der Waals surface area contributed by atoms with Crippen molar-refractivity contribution in [2.75, 3.05) is 34.3 Å². The van der Waals surface area contributed by atoms with Crippen molar-refractivity contribution in [3.8, 4) is 0 Å². The zero-order chi connectivity index (χ0) is 45.0. The Hall–Kier alpha value is -1.90. The predicted octanol–water partition coefficient (Wildman–Crippen LogP) is 2.11. The van der Waals surface area contributed by atoms with Crippen molar-refractivity contribution in [3.63, 3.8) is 0 Å². The minimum absolute atomic E-state index is 0.0542. The number of esters is 1. The number of carbonyl (C=O) groups excluding carboxylic acids is 1. The number of carbonyl (C=O) groups is 1. The molecule has 3 fully saturated rings. The van der Waals surface area contributed by atoms with Crippen LogP contribution in [0.25, 0.3) is 0 Å². The van der Waals surface area contributed by atoms with Crippen LogP contribution in [0.15, 0.2) is 24.5 Å². The summed E-state index contributed by atoms with van der Waals surface area (Å²) in [5.74, 6) is -2.74. The highest BCUT2D eigenvalue weighted by molar-refractivity contribution is 5.73. The molecule has 0 amide bonds. The van der Waals surface area contributed by atoms with E-state index in [1.54, 1.807) is 53.9 Å². The van der Waals surface area contributed by atoms with Gasteiger partial charge in [0.1, 0.15) is 29.0 Å². The Labute approximate surface area is 358 Å². The number of likely N-dealkylation sites (N-methyl/N-ethyl adjacent to an activating group) is 1. The second-order valence-electron chi connectivity index (χ2n) is 19.0. The Morgan fingerprint density at radius 2 is 1.72 bits per heavy atom. The summed E-state index contributed by atoms with van der Waals surface area (Å²) in [7, 11) is 5.29. The summed E-state index contributed by atoms with van der Waals surface area (Å²) in [5.41, 5.74) is -5.12. The standard InChI is InChI=1S/C44H78N4O12/c1-14-33(49)43(10,53)38-29(6)47-22-25(2)20-41(8,52)37(60-40-35(50)32(48(11)12)19-26(3)56-40)27(4)36(28(5)39(51)59-38)58-34-21-42(9,55-13)44(54,30(7)57-34)24-46-23-31-15-17-45-18-16-31/h15-18,25-30,32-38,40,46-47,49-50,52-54H,14,19-24H2,1-13H3/t25-,26+,27-,28+,29+,30-,32-,33+,34-,35?,36+,37-,38?,40-,41-,42+,43+,44-/m0/s1. The number of aliphatic hydroxyl groups is 5. The number of hydrogen-bond donors (Lipinski definition) is 7. The fourth-order valence-electron chi connectivity index (χ4n) is 9.65. The van der Waals surface area contributed by atoms with Crippen LogP contribution in [0.2, 0.25) is 0 Å². The van der Waals surface area contributed by atoms with Crippen LogP contribution in [-0.4, -0.2) is 165 Å². The number of ether oxygens (including phenoxy) is 6. The topological polar surface area (TPSA) is 214 Å². The van der Waals surface area contributed by atoms with E-state index in [4.69, 9.17) is 28.4 Å². The Morgan fingerprint density at radius 1 is 1.07 bits per heavy atom. The molecule has 0 saturated carbocycles. The van der Waals surface area contributed by atoms with Crippen molar-refractivity contribution < 1.29 is 58.7 Å². The summed E-state index contributed by atoms with van der Waals surface area (Å²) in [6.45, 7) is 18.5. The van der Waals surface area contributed by atoms with Crippen molar-refractivity contribution in [2.45, 2.75) is 191 Å². The molecule has 3 aliphatic rings. The van der Waals surface area contributed by atoms with Crippen LogP contribution in [0.3, 0.4) is 0 Å². The lowest BCUT2D eigenvalue weighted by Gasteiger charge is -2.53. The molecular weight excluding hydrogens is 776 g/mol. The maximum Gasteiger partial charge on any atom is 0.311 e. The van der Waals surface area contributed by atoms with Crippen LogP contribution in [-0.2, 0) is 39.8 Å². The van der Waals surface area contributed by atoms with E-state index in [9.17, 15) is 30.3 Å². The third-order valence-corrected chi connectivity index (χ3v) is 13.6. The number of rotatable bonds is 13. The van der Waals surface area contributed by atoms with Crippen LogP contribution < -0.4 is 10.6 Å². The van der Waals surface area contributed by atoms with Crippen LogP contribution in [0.5, 0.6) is 0 Å². The highest BCUT2D eigenvalue weighted by atomic mass is 16.7. The van der Waals surface area contributed by atoms with Gasteiger partial charge in [-0.15, -0.1) is 0 Å². The monoisotopic (exact) mass is 855 g/mol. The second kappa shape index (κ2) is 20.7. The third kappa shape index (κ3) is 11.4. The van der Waals surface area contributed by atoms with Gasteiger partial charge in [-0.1, -0.05) is 20.8 Å². The first-order valence-electron chi connectivity index (χ1n) is 21.8. The number of nitrogens with zero attached hydrogens (tertiary/aromatic N) is 2. The molecule has 18 atom stereocenters. The molecule has 7 N–H and O–H groups in total. The summed E-state index contributed by atoms with van der Waals surface area (Å²) in [6.07, 6.45) is -4.36. The van der Waals surface area contributed by atoms with Gasteiger partial charge in [-0.2, -0.15) is 0 Å². The number of methoxy groups -OCH3 is 1. The minimum atomic E-state index is -1.83. The Morgan fingerprint density at radius 3 is 2.32 bits per heavy atom. The van der Waals surface area contributed by atoms with Gasteiger partial charge in [0.25, 0.3) is 0 Å². The fourth-order valence-corrected chi connectivity index (χ4v) is 9.65. The molecule has 3 aliphatic heterocycles. The van der Waals surface area contributed by atoms with Gasteiger partial charge in [0, 0.05) is 57.0 Å². The highest BCUT2D eigenvalue weighted by Gasteiger charge is 2.58. The largest absolute Gasteiger partial charge is 0.457 e. The van der Waals surface area contributed by atoms with Crippen molar-refractivity contribution in [3.05, 3.63) is 30.1 Å². The van der Waals surface area contributed by atoms with Crippen LogP contribution in [0.1, 0.15) is 100 Å². The van der Waals surface area contributed by atoms with Gasteiger partial charge in [0.2, 0.25) is 0 Å². The number of pyridine rings is 1. The van der Waals surface area contributed by atoms with Gasteiger partial charge < -0.3 is 69.5 Å². The molecule has 0 radical (unpaired) electrons. The zero-order valence-corrected chi connectivity index (χ0v) is 38.3. The maximum atomic E-state index is 14.5. The molecule has 0 aromatic carbocycles. The molecular formula is C44H78N4O12. The van der Waals surface area contributed by atoms with E-state index in [1.165, 1.54) is 14.0 Å². The smallest absolute Gasteiger partial charge is 0.311 e. The number of hydrogen-bond acceptors (Lipinski definition) is 16. The molecule has 0 aliphatic carbocycles. The Bertz CT molecular complexity index is 1490. The fraction of sp³-hybridized carbons (Fsp3) is 0.864. The van der Waals surface area contributed by atoms with Gasteiger partial charge in [-0.3, -0.25) is 9.78 Å². The average molecular weight is 855 g/mol. The van der Waals surface area contributed by atoms with E-state index in [-0.39, 0.29) is 43.9 Å². The first kappa shape index (κ1) is 50.7. The quantitative estimate of drug-likeness (QED) is 0.142. The lowest BCUT2D eigenvalue weighted by atomic mass is 9.75. The summed E-state index contributed by atoms with van der Waals surface area (Å²) in [5, 5.41) is 65.9. The van der Waals surface area contributed by atoms with E-state index in [0.717, 1.165) is 5.56 Å². The van der Waals surface area contributed by atoms with Gasteiger partial charge in [0.15, 0.2) is 12.6 Å². The summed E-state index contributed by atoms with van der Waals surface area (Å²) < 4.78 is 38.6. The first-order chi connectivity index (χ1) is 27.9. The summed E-state index contributed by atoms with van der Waals surface area (Å²) in [4.78, 5) is 20.5. The molecule has 0 spiro atoms. The third-order valence-electron chi connectivity index (χ3n) is 13.6.